The number of benzene rings is 1. The molecule has 0 amide bonds. The van der Waals surface area contributed by atoms with Crippen LogP contribution in [0.1, 0.15) is 50.1 Å². The van der Waals surface area contributed by atoms with E-state index in [-0.39, 0.29) is 11.7 Å². The Hall–Kier alpha value is -1.67. The fourth-order valence-corrected chi connectivity index (χ4v) is 5.84. The molecule has 0 aliphatic carbocycles. The van der Waals surface area contributed by atoms with Crippen molar-refractivity contribution in [2.45, 2.75) is 57.2 Å². The number of hydrogen-bond acceptors (Lipinski definition) is 5. The van der Waals surface area contributed by atoms with Crippen molar-refractivity contribution in [1.29, 1.82) is 0 Å². The molecule has 5 rings (SSSR count). The summed E-state index contributed by atoms with van der Waals surface area (Å²) < 4.78 is 10.1. The number of ether oxygens (including phenoxy) is 1. The predicted octanol–water partition coefficient (Wildman–Crippen LogP) is 2.25. The summed E-state index contributed by atoms with van der Waals surface area (Å²) in [6.07, 6.45) is 7.36. The summed E-state index contributed by atoms with van der Waals surface area (Å²) in [7, 11) is 1.94. The number of nitrogens with zero attached hydrogens (tertiary/aromatic N) is 3. The predicted molar refractivity (Wildman–Crippen MR) is 128 cm³/mol. The van der Waals surface area contributed by atoms with E-state index in [1.54, 1.807) is 0 Å². The summed E-state index contributed by atoms with van der Waals surface area (Å²) >= 11 is 0. The van der Waals surface area contributed by atoms with Crippen LogP contribution in [-0.2, 0) is 18.3 Å². The highest BCUT2D eigenvalue weighted by atomic mass is 16.5. The van der Waals surface area contributed by atoms with E-state index in [0.29, 0.717) is 12.0 Å². The van der Waals surface area contributed by atoms with Crippen LogP contribution in [0.5, 0.6) is 0 Å². The van der Waals surface area contributed by atoms with Crippen LogP contribution in [0.2, 0.25) is 0 Å². The van der Waals surface area contributed by atoms with Crippen molar-refractivity contribution in [3.05, 3.63) is 34.2 Å². The van der Waals surface area contributed by atoms with E-state index in [4.69, 9.17) is 4.74 Å². The van der Waals surface area contributed by atoms with Crippen molar-refractivity contribution in [2.24, 2.45) is 13.0 Å². The highest BCUT2D eigenvalue weighted by molar-refractivity contribution is 5.80. The van der Waals surface area contributed by atoms with Crippen LogP contribution < -0.4 is 16.3 Å². The van der Waals surface area contributed by atoms with Gasteiger partial charge in [-0.15, -0.1) is 0 Å². The molecule has 3 fully saturated rings. The minimum atomic E-state index is 0.120. The molecule has 176 valence electrons. The number of rotatable bonds is 6. The third kappa shape index (κ3) is 4.67. The summed E-state index contributed by atoms with van der Waals surface area (Å²) in [6.45, 7) is 8.18. The van der Waals surface area contributed by atoms with E-state index in [9.17, 15) is 4.79 Å². The van der Waals surface area contributed by atoms with Crippen LogP contribution in [0.3, 0.4) is 0 Å². The standard InChI is InChI=1S/C25H39N5O2/c1-28-24-20(4-2-6-23(24)30(25(28)31)21-5-3-11-27-16-21)17-29-14-9-19(10-15-29)18-32-22-7-12-26-13-8-22/h2,4,6,19,21-22,26-27H,3,5,7-18H2,1H3. The molecule has 0 bridgehead atoms. The lowest BCUT2D eigenvalue weighted by Gasteiger charge is -2.33. The maximum absolute atomic E-state index is 13.1. The number of hydrogen-bond donors (Lipinski definition) is 2. The largest absolute Gasteiger partial charge is 0.378 e. The van der Waals surface area contributed by atoms with Gasteiger partial charge in [-0.3, -0.25) is 14.0 Å². The number of para-hydroxylation sites is 1. The molecule has 32 heavy (non-hydrogen) atoms. The normalized spacial score (nSPS) is 24.3. The number of imidazole rings is 1. The van der Waals surface area contributed by atoms with Gasteiger partial charge < -0.3 is 15.4 Å². The molecule has 0 radical (unpaired) electrons. The Morgan fingerprint density at radius 2 is 1.84 bits per heavy atom. The molecular formula is C25H39N5O2. The molecular weight excluding hydrogens is 402 g/mol. The number of aryl methyl sites for hydroxylation is 1. The number of aromatic nitrogens is 2. The molecule has 2 aromatic rings. The van der Waals surface area contributed by atoms with Crippen molar-refractivity contribution in [1.82, 2.24) is 24.7 Å². The quantitative estimate of drug-likeness (QED) is 0.720. The fourth-order valence-electron chi connectivity index (χ4n) is 5.84. The average Bonchev–Trinajstić information content (AvgIpc) is 3.10. The highest BCUT2D eigenvalue weighted by Gasteiger charge is 2.25. The van der Waals surface area contributed by atoms with Gasteiger partial charge in [-0.2, -0.15) is 0 Å². The third-order valence-electron chi connectivity index (χ3n) is 7.78. The third-order valence-corrected chi connectivity index (χ3v) is 7.78. The summed E-state index contributed by atoms with van der Waals surface area (Å²) in [4.78, 5) is 15.7. The Kier molecular flexibility index (Phi) is 6.97. The summed E-state index contributed by atoms with van der Waals surface area (Å²) in [5.41, 5.74) is 3.59. The van der Waals surface area contributed by atoms with E-state index in [1.165, 1.54) is 18.4 Å². The Morgan fingerprint density at radius 3 is 2.59 bits per heavy atom. The highest BCUT2D eigenvalue weighted by Crippen LogP contribution is 2.26. The van der Waals surface area contributed by atoms with Crippen LogP contribution in [0.4, 0.5) is 0 Å². The van der Waals surface area contributed by atoms with Gasteiger partial charge >= 0.3 is 5.69 Å². The van der Waals surface area contributed by atoms with E-state index >= 15 is 0 Å². The molecule has 3 aliphatic heterocycles. The zero-order valence-electron chi connectivity index (χ0n) is 19.5. The first kappa shape index (κ1) is 22.1. The van der Waals surface area contributed by atoms with Crippen molar-refractivity contribution >= 4 is 11.0 Å². The van der Waals surface area contributed by atoms with Gasteiger partial charge in [-0.25, -0.2) is 4.79 Å². The molecule has 1 unspecified atom stereocenters. The lowest BCUT2D eigenvalue weighted by atomic mass is 9.97. The van der Waals surface area contributed by atoms with Gasteiger partial charge in [0, 0.05) is 26.7 Å². The zero-order valence-corrected chi connectivity index (χ0v) is 19.5. The first-order valence-electron chi connectivity index (χ1n) is 12.6. The molecule has 1 aromatic heterocycles. The monoisotopic (exact) mass is 441 g/mol. The second-order valence-electron chi connectivity index (χ2n) is 10.00. The molecule has 2 N–H and O–H groups in total. The molecule has 7 nitrogen and oxygen atoms in total. The number of fused-ring (bicyclic) bond motifs is 1. The minimum Gasteiger partial charge on any atom is -0.378 e. The van der Waals surface area contributed by atoms with Crippen molar-refractivity contribution in [3.8, 4) is 0 Å². The maximum Gasteiger partial charge on any atom is 0.329 e. The lowest BCUT2D eigenvalue weighted by molar-refractivity contribution is -0.00221. The summed E-state index contributed by atoms with van der Waals surface area (Å²) in [6, 6.07) is 6.71. The van der Waals surface area contributed by atoms with Gasteiger partial charge in [0.15, 0.2) is 0 Å². The number of piperidine rings is 3. The maximum atomic E-state index is 13.1. The van der Waals surface area contributed by atoms with Crippen LogP contribution in [-0.4, -0.2) is 66.0 Å². The molecule has 0 spiro atoms. The molecule has 0 saturated carbocycles. The van der Waals surface area contributed by atoms with Gasteiger partial charge in [-0.1, -0.05) is 12.1 Å². The second-order valence-corrected chi connectivity index (χ2v) is 10.00. The van der Waals surface area contributed by atoms with Crippen molar-refractivity contribution in [2.75, 3.05) is 45.9 Å². The van der Waals surface area contributed by atoms with Gasteiger partial charge in [0.25, 0.3) is 0 Å². The topological polar surface area (TPSA) is 63.5 Å². The lowest BCUT2D eigenvalue weighted by Crippen LogP contribution is -2.37. The van der Waals surface area contributed by atoms with Gasteiger partial charge in [0.1, 0.15) is 0 Å². The molecule has 1 aromatic carbocycles. The molecule has 3 saturated heterocycles. The smallest absolute Gasteiger partial charge is 0.329 e. The van der Waals surface area contributed by atoms with E-state index in [1.807, 2.05) is 16.2 Å². The minimum absolute atomic E-state index is 0.120. The Balaban J connectivity index is 1.23. The SMILES string of the molecule is Cn1c(=O)n(C2CCCNC2)c2cccc(CN3CCC(COC4CCNCC4)CC3)c21. The van der Waals surface area contributed by atoms with E-state index in [0.717, 1.165) is 89.1 Å². The van der Waals surface area contributed by atoms with Crippen LogP contribution in [0.15, 0.2) is 23.0 Å². The van der Waals surface area contributed by atoms with Gasteiger partial charge in [0.05, 0.1) is 23.2 Å². The van der Waals surface area contributed by atoms with Crippen LogP contribution >= 0.6 is 0 Å². The van der Waals surface area contributed by atoms with E-state index < -0.39 is 0 Å². The summed E-state index contributed by atoms with van der Waals surface area (Å²) in [5.74, 6) is 0.682. The van der Waals surface area contributed by atoms with Gasteiger partial charge in [-0.05, 0) is 88.8 Å². The van der Waals surface area contributed by atoms with Gasteiger partial charge in [0.2, 0.25) is 0 Å². The first-order valence-corrected chi connectivity index (χ1v) is 12.6. The first-order chi connectivity index (χ1) is 15.7. The summed E-state index contributed by atoms with van der Waals surface area (Å²) in [5, 5.41) is 6.87. The van der Waals surface area contributed by atoms with Crippen molar-refractivity contribution < 1.29 is 4.74 Å². The van der Waals surface area contributed by atoms with Crippen LogP contribution in [0.25, 0.3) is 11.0 Å². The zero-order chi connectivity index (χ0) is 21.9. The average molecular weight is 442 g/mol. The Morgan fingerprint density at radius 1 is 1.03 bits per heavy atom. The molecule has 1 atom stereocenters. The van der Waals surface area contributed by atoms with E-state index in [2.05, 4.69) is 33.7 Å². The number of likely N-dealkylation sites (tertiary alicyclic amines) is 1. The second kappa shape index (κ2) is 10.1. The molecule has 3 aliphatic rings. The Bertz CT molecular complexity index is 947. The van der Waals surface area contributed by atoms with Crippen molar-refractivity contribution in [3.63, 3.8) is 0 Å². The fraction of sp³-hybridized carbons (Fsp3) is 0.720. The van der Waals surface area contributed by atoms with Crippen LogP contribution in [0, 0.1) is 5.92 Å². The Labute approximate surface area is 191 Å². The molecule has 4 heterocycles. The molecule has 7 heteroatoms. The number of nitrogens with one attached hydrogen (secondary N) is 2.